The van der Waals surface area contributed by atoms with Gasteiger partial charge in [-0.1, -0.05) is 70.1 Å². The van der Waals surface area contributed by atoms with Crippen molar-refractivity contribution in [3.8, 4) is 21.6 Å². The Hall–Kier alpha value is -7.75. The zero-order chi connectivity index (χ0) is 62.3. The van der Waals surface area contributed by atoms with E-state index in [4.69, 9.17) is 14.2 Å². The molecule has 0 spiro atoms. The van der Waals surface area contributed by atoms with Crippen LogP contribution in [-0.2, 0) is 23.9 Å². The van der Waals surface area contributed by atoms with Crippen LogP contribution in [-0.4, -0.2) is 146 Å². The predicted molar refractivity (Wildman–Crippen MR) is 338 cm³/mol. The number of aryl methyl sites for hydroxylation is 3. The molecule has 5 atom stereocenters. The summed E-state index contributed by atoms with van der Waals surface area (Å²) in [5, 5.41) is 27.3. The largest absolute Gasteiger partial charge is 0.444 e. The van der Waals surface area contributed by atoms with Crippen molar-refractivity contribution in [1.29, 1.82) is 0 Å². The molecule has 5 N–H and O–H groups in total. The van der Waals surface area contributed by atoms with E-state index in [0.29, 0.717) is 48.4 Å². The van der Waals surface area contributed by atoms with E-state index in [9.17, 15) is 29.1 Å². The zero-order valence-electron chi connectivity index (χ0n) is 52.2. The Morgan fingerprint density at radius 1 is 0.816 bits per heavy atom. The minimum absolute atomic E-state index is 0.0106. The third kappa shape index (κ3) is 16.9. The van der Waals surface area contributed by atoms with E-state index in [1.165, 1.54) is 4.90 Å². The van der Waals surface area contributed by atoms with Crippen molar-refractivity contribution in [2.24, 2.45) is 17.3 Å². The summed E-state index contributed by atoms with van der Waals surface area (Å²) in [6, 6.07) is 21.0. The number of hydrogen-bond donors (Lipinski definition) is 5. The van der Waals surface area contributed by atoms with Crippen LogP contribution in [0.25, 0.3) is 21.6 Å². The second kappa shape index (κ2) is 27.5. The van der Waals surface area contributed by atoms with Crippen molar-refractivity contribution >= 4 is 64.1 Å². The number of ether oxygens (including phenoxy) is 1. The Bertz CT molecular complexity index is 3360. The highest BCUT2D eigenvalue weighted by atomic mass is 32.1. The van der Waals surface area contributed by atoms with Crippen LogP contribution in [0.4, 0.5) is 27.8 Å². The van der Waals surface area contributed by atoms with Gasteiger partial charge in [-0.3, -0.25) is 24.1 Å². The number of alkyl carbamates (subject to hydrolysis) is 1. The van der Waals surface area contributed by atoms with Crippen LogP contribution in [0.3, 0.4) is 0 Å². The van der Waals surface area contributed by atoms with Gasteiger partial charge in [0.25, 0.3) is 0 Å². The Balaban J connectivity index is 0.754. The molecule has 87 heavy (non-hydrogen) atoms. The van der Waals surface area contributed by atoms with Gasteiger partial charge in [0.15, 0.2) is 0 Å². The van der Waals surface area contributed by atoms with Crippen LogP contribution in [0, 0.1) is 38.0 Å². The number of nitrogens with zero attached hydrogens (tertiary/aromatic N) is 8. The van der Waals surface area contributed by atoms with Gasteiger partial charge in [0.1, 0.15) is 41.0 Å². The van der Waals surface area contributed by atoms with Gasteiger partial charge < -0.3 is 50.3 Å². The molecule has 7 heterocycles. The lowest BCUT2D eigenvalue weighted by Gasteiger charge is -2.39. The number of piperidine rings is 1. The molecule has 3 aliphatic rings. The molecule has 464 valence electrons. The molecule has 0 saturated carbocycles. The average molecular weight is 1210 g/mol. The average Bonchev–Trinajstić information content (AvgIpc) is 2.65. The zero-order valence-corrected chi connectivity index (χ0v) is 53.0. The number of thiazole rings is 1. The highest BCUT2D eigenvalue weighted by Gasteiger charge is 2.44. The lowest BCUT2D eigenvalue weighted by Crippen LogP contribution is -2.50. The van der Waals surface area contributed by atoms with Crippen molar-refractivity contribution in [3.63, 3.8) is 0 Å². The van der Waals surface area contributed by atoms with Crippen LogP contribution < -0.4 is 26.2 Å². The van der Waals surface area contributed by atoms with Crippen molar-refractivity contribution in [2.45, 2.75) is 144 Å². The Morgan fingerprint density at radius 3 is 2.16 bits per heavy atom. The maximum atomic E-state index is 14.4. The molecule has 4 aromatic heterocycles. The van der Waals surface area contributed by atoms with Crippen LogP contribution in [0.15, 0.2) is 95.2 Å². The Labute approximate surface area is 515 Å². The monoisotopic (exact) mass is 1210 g/mol. The van der Waals surface area contributed by atoms with Crippen molar-refractivity contribution in [1.82, 2.24) is 45.4 Å². The molecule has 3 saturated heterocycles. The van der Waals surface area contributed by atoms with E-state index in [2.05, 4.69) is 46.2 Å². The normalized spacial score (nSPS) is 18.1. The van der Waals surface area contributed by atoms with Gasteiger partial charge in [0.2, 0.25) is 23.6 Å². The maximum Gasteiger partial charge on any atom is 0.408 e. The standard InChI is InChI=1S/C66H86N12O8S/c1-40(2)59(55-31-42(4)74-86-55)63(83)78-38-50(79)33-54(78)62(82)72-52(45-12-14-46(15-13-45)60-43(5)69-39-87-60)34-58(80)77-24-21-44(22-25-77)37-75-26-28-76(29-27-75)57-19-17-49(36-68-57)70-56-32-47(20-23-67-56)51-18-16-48(30-41(51)3)71-61(81)53(35-65(6,7)8)73-64(84)85-66(9,10)11/h12-20,23,30-32,36,39-40,44,50,52-54,59,79H,21-22,24-29,33-35,37-38H2,1-11H3,(H,67,70)(H,71,81)(H,72,82)(H,73,84)/t50-,52+,53-,54+,59?/m1/s1. The third-order valence-corrected chi connectivity index (χ3v) is 17.3. The number of hydrogen-bond acceptors (Lipinski definition) is 16. The van der Waals surface area contributed by atoms with Crippen LogP contribution in [0.5, 0.6) is 0 Å². The van der Waals surface area contributed by atoms with Crippen molar-refractivity contribution in [2.75, 3.05) is 67.9 Å². The van der Waals surface area contributed by atoms with Crippen molar-refractivity contribution in [3.05, 3.63) is 119 Å². The number of carbonyl (C=O) groups excluding carboxylic acids is 5. The number of piperazine rings is 1. The molecule has 2 aromatic carbocycles. The Morgan fingerprint density at radius 2 is 1.54 bits per heavy atom. The number of β-amino-alcohol motifs (C(OH)–C–C–N with tert-alkyl or cyclic N) is 1. The number of pyridine rings is 2. The smallest absolute Gasteiger partial charge is 0.408 e. The number of anilines is 4. The van der Waals surface area contributed by atoms with Crippen LogP contribution in [0.1, 0.15) is 128 Å². The summed E-state index contributed by atoms with van der Waals surface area (Å²) in [4.78, 5) is 92.3. The van der Waals surface area contributed by atoms with E-state index in [1.54, 1.807) is 51.3 Å². The van der Waals surface area contributed by atoms with Gasteiger partial charge in [-0.25, -0.2) is 19.7 Å². The first-order valence-corrected chi connectivity index (χ1v) is 31.3. The van der Waals surface area contributed by atoms with E-state index in [1.807, 2.05) is 132 Å². The summed E-state index contributed by atoms with van der Waals surface area (Å²) in [7, 11) is 0. The minimum Gasteiger partial charge on any atom is -0.444 e. The van der Waals surface area contributed by atoms with Crippen LogP contribution in [0.2, 0.25) is 0 Å². The summed E-state index contributed by atoms with van der Waals surface area (Å²) >= 11 is 1.56. The summed E-state index contributed by atoms with van der Waals surface area (Å²) in [6.45, 7) is 26.7. The second-order valence-electron chi connectivity index (χ2n) is 26.2. The molecule has 0 radical (unpaired) electrons. The number of nitrogens with one attached hydrogen (secondary N) is 4. The number of aliphatic hydroxyl groups excluding tert-OH is 1. The van der Waals surface area contributed by atoms with Gasteiger partial charge >= 0.3 is 6.09 Å². The molecule has 3 fully saturated rings. The van der Waals surface area contributed by atoms with Crippen LogP contribution >= 0.6 is 11.3 Å². The van der Waals surface area contributed by atoms with Gasteiger partial charge in [-0.2, -0.15) is 0 Å². The number of carbonyl (C=O) groups is 5. The molecule has 9 rings (SSSR count). The molecule has 3 aliphatic heterocycles. The number of amides is 5. The lowest BCUT2D eigenvalue weighted by molar-refractivity contribution is -0.141. The minimum atomic E-state index is -0.938. The molecular weight excluding hydrogens is 1120 g/mol. The molecule has 1 unspecified atom stereocenters. The summed E-state index contributed by atoms with van der Waals surface area (Å²) in [5.41, 5.74) is 8.56. The lowest BCUT2D eigenvalue weighted by atomic mass is 9.87. The number of rotatable bonds is 19. The van der Waals surface area contributed by atoms with Gasteiger partial charge in [-0.15, -0.1) is 11.3 Å². The fourth-order valence-electron chi connectivity index (χ4n) is 11.9. The summed E-state index contributed by atoms with van der Waals surface area (Å²) in [6.07, 6.45) is 4.36. The fraction of sp³-hybridized carbons (Fsp3) is 0.500. The highest BCUT2D eigenvalue weighted by molar-refractivity contribution is 7.13. The third-order valence-electron chi connectivity index (χ3n) is 16.4. The first-order valence-electron chi connectivity index (χ1n) is 30.4. The fourth-order valence-corrected chi connectivity index (χ4v) is 12.7. The number of aliphatic hydroxyl groups is 1. The number of aromatic nitrogens is 4. The molecule has 0 aliphatic carbocycles. The van der Waals surface area contributed by atoms with Gasteiger partial charge in [-0.05, 0) is 142 Å². The molecule has 6 aromatic rings. The first-order chi connectivity index (χ1) is 41.3. The van der Waals surface area contributed by atoms with E-state index < -0.39 is 47.7 Å². The molecule has 0 bridgehead atoms. The van der Waals surface area contributed by atoms with Gasteiger partial charge in [0.05, 0.1) is 52.2 Å². The van der Waals surface area contributed by atoms with E-state index in [0.717, 1.165) is 95.5 Å². The summed E-state index contributed by atoms with van der Waals surface area (Å²) in [5.74, 6) is 0.492. The molecular formula is C66H86N12O8S. The maximum absolute atomic E-state index is 14.4. The topological polar surface area (TPSA) is 241 Å². The first kappa shape index (κ1) is 63.7. The predicted octanol–water partition coefficient (Wildman–Crippen LogP) is 10.2. The molecule has 21 heteroatoms. The SMILES string of the molecule is Cc1cc(C(C(=O)N2C[C@H](O)C[C@H]2C(=O)N[C@@H](CC(=O)N2CCC(CN3CCN(c4ccc(Nc5cc(-c6ccc(NC(=O)[C@@H](CC(C)(C)C)NC(=O)OC(C)(C)C)cc6C)ccn5)cn4)CC3)CC2)c2ccc(-c3scnc3C)cc2)C(C)C)on1. The number of likely N-dealkylation sites (tertiary alicyclic amines) is 2. The van der Waals surface area contributed by atoms with Gasteiger partial charge in [0, 0.05) is 76.7 Å². The Kier molecular flexibility index (Phi) is 20.2. The second-order valence-corrected chi connectivity index (χ2v) is 27.1. The van der Waals surface area contributed by atoms with E-state index in [-0.39, 0.29) is 48.4 Å². The molecule has 20 nitrogen and oxygen atoms in total. The molecule has 5 amide bonds. The highest BCUT2D eigenvalue weighted by Crippen LogP contribution is 2.35. The number of benzene rings is 2. The summed E-state index contributed by atoms with van der Waals surface area (Å²) < 4.78 is 11.0. The quantitative estimate of drug-likeness (QED) is 0.0507. The van der Waals surface area contributed by atoms with E-state index >= 15 is 0 Å². The van der Waals surface area contributed by atoms with Crippen molar-refractivity contribution < 1.29 is 38.3 Å².